The Balaban J connectivity index is 2.27. The molecule has 2 unspecified atom stereocenters. The van der Waals surface area contributed by atoms with Crippen molar-refractivity contribution in [2.24, 2.45) is 4.99 Å². The standard InChI is InChI=1S/C23H26Cl2F4N4O/c1-3-4-8-30-20(23(27,28)29)9-14(2)31-22(32-19-12-17(25)11-18(26)13-19)33-21(34)15-6-5-7-16(24)10-15/h5-7,10-14,20,30H,3-4,8-9H2,1-2H3,(H2,31,32,33,34). The molecule has 0 radical (unpaired) electrons. The van der Waals surface area contributed by atoms with E-state index >= 15 is 0 Å². The van der Waals surface area contributed by atoms with E-state index in [0.717, 1.165) is 18.6 Å². The van der Waals surface area contributed by atoms with Crippen LogP contribution in [-0.4, -0.2) is 36.7 Å². The van der Waals surface area contributed by atoms with Gasteiger partial charge in [-0.2, -0.15) is 13.2 Å². The number of nitrogens with zero attached hydrogens (tertiary/aromatic N) is 1. The molecule has 186 valence electrons. The minimum Gasteiger partial charge on any atom is -0.326 e. The van der Waals surface area contributed by atoms with Gasteiger partial charge < -0.3 is 10.6 Å². The number of carbonyl (C=O) groups excluding carboxylic acids is 1. The zero-order chi connectivity index (χ0) is 25.3. The molecule has 0 fully saturated rings. The number of guanidine groups is 1. The van der Waals surface area contributed by atoms with Gasteiger partial charge in [0.25, 0.3) is 5.91 Å². The number of halogens is 6. The van der Waals surface area contributed by atoms with E-state index < -0.39 is 30.0 Å². The van der Waals surface area contributed by atoms with Crippen LogP contribution in [0.2, 0.25) is 10.0 Å². The van der Waals surface area contributed by atoms with Gasteiger partial charge in [-0.25, -0.2) is 9.38 Å². The molecule has 2 atom stereocenters. The number of hydrogen-bond acceptors (Lipinski definition) is 3. The molecule has 0 bridgehead atoms. The van der Waals surface area contributed by atoms with Crippen molar-refractivity contribution < 1.29 is 22.4 Å². The van der Waals surface area contributed by atoms with Crippen LogP contribution in [0.5, 0.6) is 0 Å². The van der Waals surface area contributed by atoms with Gasteiger partial charge in [-0.3, -0.25) is 10.1 Å². The molecule has 1 amide bonds. The Morgan fingerprint density at radius 2 is 1.85 bits per heavy atom. The number of nitrogens with one attached hydrogen (secondary N) is 3. The van der Waals surface area contributed by atoms with E-state index in [1.54, 1.807) is 12.1 Å². The molecule has 2 aromatic rings. The first-order valence-corrected chi connectivity index (χ1v) is 11.4. The predicted molar refractivity (Wildman–Crippen MR) is 128 cm³/mol. The highest BCUT2D eigenvalue weighted by molar-refractivity contribution is 6.31. The second-order valence-electron chi connectivity index (χ2n) is 7.71. The van der Waals surface area contributed by atoms with Crippen LogP contribution in [0.25, 0.3) is 0 Å². The fraction of sp³-hybridized carbons (Fsp3) is 0.391. The van der Waals surface area contributed by atoms with E-state index in [1.165, 1.54) is 25.1 Å². The van der Waals surface area contributed by atoms with Crippen molar-refractivity contribution >= 4 is 40.8 Å². The number of carbonyl (C=O) groups is 1. The molecular weight excluding hydrogens is 495 g/mol. The predicted octanol–water partition coefficient (Wildman–Crippen LogP) is 6.43. The molecule has 2 aromatic carbocycles. The molecule has 3 N–H and O–H groups in total. The van der Waals surface area contributed by atoms with Crippen LogP contribution in [-0.2, 0) is 0 Å². The van der Waals surface area contributed by atoms with Crippen molar-refractivity contribution in [1.29, 1.82) is 0 Å². The normalized spacial score (nSPS) is 13.9. The molecule has 0 saturated carbocycles. The van der Waals surface area contributed by atoms with Crippen LogP contribution < -0.4 is 16.0 Å². The molecule has 11 heteroatoms. The van der Waals surface area contributed by atoms with Crippen LogP contribution in [0.15, 0.2) is 47.5 Å². The molecule has 0 heterocycles. The molecule has 2 rings (SSSR count). The molecule has 0 aliphatic heterocycles. The monoisotopic (exact) mass is 520 g/mol. The van der Waals surface area contributed by atoms with Crippen LogP contribution in [0, 0.1) is 5.82 Å². The minimum atomic E-state index is -4.47. The van der Waals surface area contributed by atoms with Crippen molar-refractivity contribution in [3.8, 4) is 0 Å². The Morgan fingerprint density at radius 1 is 1.12 bits per heavy atom. The zero-order valence-corrected chi connectivity index (χ0v) is 20.2. The molecule has 0 saturated heterocycles. The van der Waals surface area contributed by atoms with Crippen molar-refractivity contribution in [3.05, 3.63) is 63.9 Å². The van der Waals surface area contributed by atoms with E-state index in [1.807, 2.05) is 6.92 Å². The van der Waals surface area contributed by atoms with Gasteiger partial charge in [0.05, 0.1) is 6.04 Å². The van der Waals surface area contributed by atoms with E-state index in [4.69, 9.17) is 23.2 Å². The Kier molecular flexibility index (Phi) is 10.6. The van der Waals surface area contributed by atoms with Crippen molar-refractivity contribution in [3.63, 3.8) is 0 Å². The van der Waals surface area contributed by atoms with Gasteiger partial charge in [0.1, 0.15) is 11.9 Å². The molecule has 34 heavy (non-hydrogen) atoms. The number of unbranched alkanes of at least 4 members (excludes halogenated alkanes) is 1. The molecule has 0 aromatic heterocycles. The fourth-order valence-electron chi connectivity index (χ4n) is 3.07. The molecule has 0 aliphatic rings. The maximum Gasteiger partial charge on any atom is 0.403 e. The Labute approximate surface area is 205 Å². The largest absolute Gasteiger partial charge is 0.403 e. The summed E-state index contributed by atoms with van der Waals surface area (Å²) in [6.07, 6.45) is -3.47. The van der Waals surface area contributed by atoms with Crippen molar-refractivity contribution in [2.45, 2.75) is 51.4 Å². The maximum atomic E-state index is 13.8. The summed E-state index contributed by atoms with van der Waals surface area (Å²) in [5, 5.41) is 8.19. The van der Waals surface area contributed by atoms with Crippen molar-refractivity contribution in [2.75, 3.05) is 11.9 Å². The number of hydrogen-bond donors (Lipinski definition) is 3. The number of alkyl halides is 3. The molecule has 5 nitrogen and oxygen atoms in total. The summed E-state index contributed by atoms with van der Waals surface area (Å²) in [5.41, 5.74) is 0.372. The summed E-state index contributed by atoms with van der Waals surface area (Å²) in [6.45, 7) is 3.60. The SMILES string of the molecule is CCCCNC(CC(C)N=C(NC(=O)c1cccc(Cl)c1)Nc1cc(F)cc(Cl)c1)C(F)(F)F. The second-order valence-corrected chi connectivity index (χ2v) is 8.58. The average Bonchev–Trinajstić information content (AvgIpc) is 2.71. The topological polar surface area (TPSA) is 65.5 Å². The first kappa shape index (κ1) is 27.9. The number of benzene rings is 2. The number of anilines is 1. The van der Waals surface area contributed by atoms with Crippen molar-refractivity contribution in [1.82, 2.24) is 10.6 Å². The Hall–Kier alpha value is -2.36. The van der Waals surface area contributed by atoms with E-state index in [0.29, 0.717) is 11.4 Å². The maximum absolute atomic E-state index is 13.8. The van der Waals surface area contributed by atoms with Gasteiger partial charge in [0.2, 0.25) is 5.96 Å². The lowest BCUT2D eigenvalue weighted by molar-refractivity contribution is -0.157. The summed E-state index contributed by atoms with van der Waals surface area (Å²) in [7, 11) is 0. The van der Waals surface area contributed by atoms with Gasteiger partial charge >= 0.3 is 6.18 Å². The summed E-state index contributed by atoms with van der Waals surface area (Å²) in [5.74, 6) is -1.40. The third-order valence-corrected chi connectivity index (χ3v) is 5.14. The Morgan fingerprint density at radius 3 is 2.47 bits per heavy atom. The highest BCUT2D eigenvalue weighted by Crippen LogP contribution is 2.25. The third-order valence-electron chi connectivity index (χ3n) is 4.69. The van der Waals surface area contributed by atoms with Gasteiger partial charge in [0.15, 0.2) is 0 Å². The lowest BCUT2D eigenvalue weighted by Crippen LogP contribution is -2.45. The number of amides is 1. The molecule has 0 spiro atoms. The van der Waals surface area contributed by atoms with Crippen LogP contribution >= 0.6 is 23.2 Å². The van der Waals surface area contributed by atoms with E-state index in [2.05, 4.69) is 20.9 Å². The van der Waals surface area contributed by atoms with Gasteiger partial charge in [-0.15, -0.1) is 0 Å². The van der Waals surface area contributed by atoms with E-state index in [-0.39, 0.29) is 35.2 Å². The first-order valence-electron chi connectivity index (χ1n) is 10.7. The second kappa shape index (κ2) is 12.9. The number of rotatable bonds is 9. The quantitative estimate of drug-likeness (QED) is 0.154. The lowest BCUT2D eigenvalue weighted by Gasteiger charge is -2.24. The first-order chi connectivity index (χ1) is 16.0. The highest BCUT2D eigenvalue weighted by atomic mass is 35.5. The van der Waals surface area contributed by atoms with Crippen LogP contribution in [0.3, 0.4) is 0 Å². The van der Waals surface area contributed by atoms with Gasteiger partial charge in [-0.1, -0.05) is 42.6 Å². The Bertz CT molecular complexity index is 981. The average molecular weight is 521 g/mol. The summed E-state index contributed by atoms with van der Waals surface area (Å²) in [4.78, 5) is 16.9. The minimum absolute atomic E-state index is 0.0910. The zero-order valence-electron chi connectivity index (χ0n) is 18.6. The highest BCUT2D eigenvalue weighted by Gasteiger charge is 2.39. The fourth-order valence-corrected chi connectivity index (χ4v) is 3.48. The van der Waals surface area contributed by atoms with E-state index in [9.17, 15) is 22.4 Å². The van der Waals surface area contributed by atoms with Gasteiger partial charge in [0, 0.05) is 21.3 Å². The van der Waals surface area contributed by atoms with Gasteiger partial charge in [-0.05, 0) is 62.7 Å². The molecular formula is C23H26Cl2F4N4O. The third kappa shape index (κ3) is 9.48. The number of aliphatic imine (C=N–C) groups is 1. The summed E-state index contributed by atoms with van der Waals surface area (Å²) in [6, 6.07) is 7.07. The summed E-state index contributed by atoms with van der Waals surface area (Å²) < 4.78 is 54.2. The van der Waals surface area contributed by atoms with Crippen LogP contribution in [0.1, 0.15) is 43.5 Å². The smallest absolute Gasteiger partial charge is 0.326 e. The molecule has 0 aliphatic carbocycles. The lowest BCUT2D eigenvalue weighted by atomic mass is 10.1. The van der Waals surface area contributed by atoms with Crippen LogP contribution in [0.4, 0.5) is 23.2 Å². The summed E-state index contributed by atoms with van der Waals surface area (Å²) >= 11 is 11.8.